The number of ether oxygens (including phenoxy) is 1. The molecule has 0 spiro atoms. The van der Waals surface area contributed by atoms with Gasteiger partial charge >= 0.3 is 12.1 Å². The molecule has 3 aromatic rings. The van der Waals surface area contributed by atoms with Gasteiger partial charge in [-0.25, -0.2) is 17.9 Å². The Bertz CT molecular complexity index is 1250. The maximum atomic E-state index is 13.2. The Hall–Kier alpha value is -3.14. The van der Waals surface area contributed by atoms with E-state index in [2.05, 4.69) is 5.10 Å². The third-order valence-corrected chi connectivity index (χ3v) is 6.36. The number of alkyl halides is 3. The molecule has 0 atom stereocenters. The number of aromatic nitrogens is 2. The molecule has 1 aromatic heterocycles. The number of rotatable bonds is 3. The van der Waals surface area contributed by atoms with Crippen molar-refractivity contribution < 1.29 is 31.1 Å². The lowest BCUT2D eigenvalue weighted by atomic mass is 10.0. The van der Waals surface area contributed by atoms with Crippen LogP contribution < -0.4 is 0 Å². The number of fused-ring (bicyclic) bond motifs is 3. The van der Waals surface area contributed by atoms with Gasteiger partial charge < -0.3 is 4.74 Å². The number of nitrogens with zero attached hydrogens (tertiary/aromatic N) is 2. The lowest BCUT2D eigenvalue weighted by Gasteiger charge is -2.20. The Morgan fingerprint density at radius 3 is 2.50 bits per heavy atom. The summed E-state index contributed by atoms with van der Waals surface area (Å²) in [4.78, 5) is 12.0. The van der Waals surface area contributed by atoms with Crippen molar-refractivity contribution in [2.75, 3.05) is 6.61 Å². The number of esters is 1. The van der Waals surface area contributed by atoms with Gasteiger partial charge in [0.15, 0.2) is 15.5 Å². The molecule has 0 amide bonds. The van der Waals surface area contributed by atoms with E-state index in [-0.39, 0.29) is 29.1 Å². The van der Waals surface area contributed by atoms with Gasteiger partial charge in [0.25, 0.3) is 0 Å². The zero-order valence-electron chi connectivity index (χ0n) is 15.6. The molecule has 0 bridgehead atoms. The van der Waals surface area contributed by atoms with Crippen LogP contribution in [0.1, 0.15) is 28.5 Å². The smallest absolute Gasteiger partial charge is 0.416 e. The second-order valence-corrected chi connectivity index (χ2v) is 8.57. The first-order valence-corrected chi connectivity index (χ1v) is 10.6. The SMILES string of the molecule is CCOC(=O)c1nn(-c2ccccc2)c2c1CS(=O)(=O)c1cc(C(F)(F)F)ccc1-2. The number of hydrogen-bond acceptors (Lipinski definition) is 5. The van der Waals surface area contributed by atoms with Crippen molar-refractivity contribution in [2.24, 2.45) is 0 Å². The van der Waals surface area contributed by atoms with Crippen LogP contribution in [-0.2, 0) is 26.5 Å². The van der Waals surface area contributed by atoms with Crippen LogP contribution >= 0.6 is 0 Å². The Morgan fingerprint density at radius 2 is 1.87 bits per heavy atom. The van der Waals surface area contributed by atoms with Crippen LogP contribution in [0.4, 0.5) is 13.2 Å². The Balaban J connectivity index is 2.04. The summed E-state index contributed by atoms with van der Waals surface area (Å²) in [7, 11) is -4.14. The van der Waals surface area contributed by atoms with Crippen molar-refractivity contribution in [3.63, 3.8) is 0 Å². The van der Waals surface area contributed by atoms with Gasteiger partial charge in [-0.2, -0.15) is 18.3 Å². The van der Waals surface area contributed by atoms with E-state index >= 15 is 0 Å². The first-order chi connectivity index (χ1) is 14.1. The van der Waals surface area contributed by atoms with Crippen LogP contribution in [0.3, 0.4) is 0 Å². The molecule has 0 radical (unpaired) electrons. The molecule has 4 rings (SSSR count). The molecule has 2 heterocycles. The fraction of sp³-hybridized carbons (Fsp3) is 0.200. The number of benzene rings is 2. The molecular formula is C20H15F3N2O4S. The molecule has 156 valence electrons. The van der Waals surface area contributed by atoms with Crippen molar-refractivity contribution in [3.05, 3.63) is 65.4 Å². The zero-order valence-corrected chi connectivity index (χ0v) is 16.4. The summed E-state index contributed by atoms with van der Waals surface area (Å²) >= 11 is 0. The van der Waals surface area contributed by atoms with Gasteiger partial charge in [-0.1, -0.05) is 24.3 Å². The standard InChI is InChI=1S/C20H15F3N2O4S/c1-2-29-19(26)17-15-11-30(27,28)16-10-12(20(21,22)23)8-9-14(16)18(15)25(24-17)13-6-4-3-5-7-13/h3-10H,2,11H2,1H3. The summed E-state index contributed by atoms with van der Waals surface area (Å²) in [6.07, 6.45) is -4.69. The third-order valence-electron chi connectivity index (χ3n) is 4.69. The molecule has 0 fully saturated rings. The molecule has 6 nitrogen and oxygen atoms in total. The fourth-order valence-electron chi connectivity index (χ4n) is 3.40. The third kappa shape index (κ3) is 3.26. The maximum absolute atomic E-state index is 13.2. The van der Waals surface area contributed by atoms with E-state index in [1.807, 2.05) is 0 Å². The highest BCUT2D eigenvalue weighted by atomic mass is 32.2. The lowest BCUT2D eigenvalue weighted by Crippen LogP contribution is -2.17. The average molecular weight is 436 g/mol. The fourth-order valence-corrected chi connectivity index (χ4v) is 5.02. The summed E-state index contributed by atoms with van der Waals surface area (Å²) < 4.78 is 71.6. The predicted octanol–water partition coefficient (Wildman–Crippen LogP) is 4.02. The zero-order chi connectivity index (χ0) is 21.7. The summed E-state index contributed by atoms with van der Waals surface area (Å²) in [6, 6.07) is 11.1. The molecule has 30 heavy (non-hydrogen) atoms. The van der Waals surface area contributed by atoms with Crippen LogP contribution in [0.15, 0.2) is 53.4 Å². The second kappa shape index (κ2) is 6.98. The summed E-state index contributed by atoms with van der Waals surface area (Å²) in [5, 5.41) is 4.27. The highest BCUT2D eigenvalue weighted by molar-refractivity contribution is 7.90. The number of carbonyl (C=O) groups excluding carboxylic acids is 1. The van der Waals surface area contributed by atoms with Crippen molar-refractivity contribution in [1.29, 1.82) is 0 Å². The van der Waals surface area contributed by atoms with E-state index in [0.717, 1.165) is 12.1 Å². The molecule has 1 aliphatic rings. The Morgan fingerprint density at radius 1 is 1.17 bits per heavy atom. The second-order valence-electron chi connectivity index (χ2n) is 6.61. The molecule has 10 heteroatoms. The Kier molecular flexibility index (Phi) is 4.69. The first-order valence-electron chi connectivity index (χ1n) is 8.92. The van der Waals surface area contributed by atoms with Gasteiger partial charge in [0.1, 0.15) is 0 Å². The average Bonchev–Trinajstić information content (AvgIpc) is 3.06. The summed E-state index contributed by atoms with van der Waals surface area (Å²) in [5.41, 5.74) is -0.313. The van der Waals surface area contributed by atoms with E-state index in [1.54, 1.807) is 37.3 Å². The number of hydrogen-bond donors (Lipinski definition) is 0. The Labute approximate surface area is 169 Å². The van der Waals surface area contributed by atoms with Gasteiger partial charge in [-0.3, -0.25) is 0 Å². The monoisotopic (exact) mass is 436 g/mol. The molecule has 1 aliphatic heterocycles. The lowest BCUT2D eigenvalue weighted by molar-refractivity contribution is -0.137. The van der Waals surface area contributed by atoms with Crippen molar-refractivity contribution in [3.8, 4) is 16.9 Å². The highest BCUT2D eigenvalue weighted by Crippen LogP contribution is 2.43. The van der Waals surface area contributed by atoms with Crippen LogP contribution in [0, 0.1) is 0 Å². The topological polar surface area (TPSA) is 78.3 Å². The minimum absolute atomic E-state index is 0.0520. The number of halogens is 3. The quantitative estimate of drug-likeness (QED) is 0.580. The molecule has 0 unspecified atom stereocenters. The van der Waals surface area contributed by atoms with Crippen molar-refractivity contribution in [2.45, 2.75) is 23.7 Å². The van der Waals surface area contributed by atoms with E-state index in [1.165, 1.54) is 4.68 Å². The molecule has 0 aliphatic carbocycles. The van der Waals surface area contributed by atoms with Crippen LogP contribution in [0.5, 0.6) is 0 Å². The predicted molar refractivity (Wildman–Crippen MR) is 101 cm³/mol. The number of sulfone groups is 1. The van der Waals surface area contributed by atoms with E-state index in [9.17, 15) is 26.4 Å². The largest absolute Gasteiger partial charge is 0.461 e. The molecular weight excluding hydrogens is 421 g/mol. The van der Waals surface area contributed by atoms with Gasteiger partial charge in [-0.05, 0) is 31.2 Å². The van der Waals surface area contributed by atoms with Crippen molar-refractivity contribution in [1.82, 2.24) is 9.78 Å². The molecule has 0 saturated heterocycles. The first kappa shape index (κ1) is 20.1. The molecule has 0 N–H and O–H groups in total. The van der Waals surface area contributed by atoms with Crippen molar-refractivity contribution >= 4 is 15.8 Å². The number of carbonyl (C=O) groups is 1. The van der Waals surface area contributed by atoms with Crippen LogP contribution in [-0.4, -0.2) is 30.8 Å². The highest BCUT2D eigenvalue weighted by Gasteiger charge is 2.39. The summed E-state index contributed by atoms with van der Waals surface area (Å²) in [6.45, 7) is 1.66. The normalized spacial score (nSPS) is 14.7. The van der Waals surface area contributed by atoms with E-state index in [4.69, 9.17) is 4.74 Å². The van der Waals surface area contributed by atoms with Gasteiger partial charge in [0.2, 0.25) is 0 Å². The van der Waals surface area contributed by atoms with Gasteiger partial charge in [0, 0.05) is 11.1 Å². The minimum atomic E-state index is -4.69. The van der Waals surface area contributed by atoms with E-state index in [0.29, 0.717) is 11.8 Å². The maximum Gasteiger partial charge on any atom is 0.416 e. The van der Waals surface area contributed by atoms with Crippen LogP contribution in [0.25, 0.3) is 16.9 Å². The van der Waals surface area contributed by atoms with Gasteiger partial charge in [0.05, 0.1) is 34.2 Å². The molecule has 0 saturated carbocycles. The summed E-state index contributed by atoms with van der Waals surface area (Å²) in [5.74, 6) is -1.45. The number of para-hydroxylation sites is 1. The van der Waals surface area contributed by atoms with E-state index < -0.39 is 38.2 Å². The van der Waals surface area contributed by atoms with Gasteiger partial charge in [-0.15, -0.1) is 0 Å². The minimum Gasteiger partial charge on any atom is -0.461 e. The molecule has 2 aromatic carbocycles. The van der Waals surface area contributed by atoms with Crippen LogP contribution in [0.2, 0.25) is 0 Å².